The number of anilines is 2. The molecule has 0 radical (unpaired) electrons. The van der Waals surface area contributed by atoms with Crippen LogP contribution in [-0.2, 0) is 21.6 Å². The molecule has 0 aromatic heterocycles. The Morgan fingerprint density at radius 2 is 1.07 bits per heavy atom. The first-order valence-electron chi connectivity index (χ1n) is 29.9. The molecule has 0 fully saturated rings. The molecule has 2 heterocycles. The van der Waals surface area contributed by atoms with Gasteiger partial charge < -0.3 is 19.3 Å². The first-order chi connectivity index (χ1) is 34.6. The van der Waals surface area contributed by atoms with Crippen molar-refractivity contribution in [3.8, 4) is 5.75 Å². The van der Waals surface area contributed by atoms with Gasteiger partial charge in [-0.25, -0.2) is 0 Å². The number of fused-ring (bicyclic) bond motifs is 4. The van der Waals surface area contributed by atoms with E-state index in [0.29, 0.717) is 6.42 Å². The number of halogens is 1. The van der Waals surface area contributed by atoms with E-state index in [9.17, 15) is 4.79 Å². The Balaban J connectivity index is 1.10. The van der Waals surface area contributed by atoms with Gasteiger partial charge in [0.05, 0.1) is 11.6 Å². The third-order valence-corrected chi connectivity index (χ3v) is 16.6. The number of aliphatic imine (C=N–C) groups is 1. The fourth-order valence-electron chi connectivity index (χ4n) is 11.4. The molecular formula is C64H102BrN3O3. The van der Waals surface area contributed by atoms with Gasteiger partial charge >= 0.3 is 5.97 Å². The molecule has 0 saturated carbocycles. The zero-order valence-corrected chi connectivity index (χ0v) is 48.0. The number of ether oxygens (including phenoxy) is 2. The highest BCUT2D eigenvalue weighted by Gasteiger charge is 2.60. The highest BCUT2D eigenvalue weighted by atomic mass is 79.9. The topological polar surface area (TPSA) is 54.4 Å². The molecule has 0 N–H and O–H groups in total. The van der Waals surface area contributed by atoms with Crippen molar-refractivity contribution in [3.05, 3.63) is 58.1 Å². The van der Waals surface area contributed by atoms with E-state index < -0.39 is 11.1 Å². The summed E-state index contributed by atoms with van der Waals surface area (Å²) in [6.07, 6.45) is 49.6. The largest absolute Gasteiger partial charge is 0.461 e. The quantitative estimate of drug-likeness (QED) is 0.0420. The van der Waals surface area contributed by atoms with Crippen LogP contribution in [0.15, 0.2) is 51.9 Å². The van der Waals surface area contributed by atoms with E-state index in [2.05, 4.69) is 116 Å². The van der Waals surface area contributed by atoms with E-state index in [4.69, 9.17) is 14.5 Å². The lowest BCUT2D eigenvalue weighted by molar-refractivity contribution is -0.145. The molecule has 1 unspecified atom stereocenters. The molecule has 3 aromatic rings. The second-order valence-electron chi connectivity index (χ2n) is 22.6. The van der Waals surface area contributed by atoms with E-state index >= 15 is 0 Å². The molecule has 71 heavy (non-hydrogen) atoms. The van der Waals surface area contributed by atoms with E-state index in [0.717, 1.165) is 58.1 Å². The summed E-state index contributed by atoms with van der Waals surface area (Å²) in [5.74, 6) is 0.591. The number of carbonyl (C=O) groups is 1. The van der Waals surface area contributed by atoms with Gasteiger partial charge in [0, 0.05) is 53.9 Å². The van der Waals surface area contributed by atoms with E-state index in [1.165, 1.54) is 222 Å². The van der Waals surface area contributed by atoms with Gasteiger partial charge in [-0.2, -0.15) is 0 Å². The van der Waals surface area contributed by atoms with E-state index in [1.54, 1.807) is 0 Å². The maximum absolute atomic E-state index is 13.3. The van der Waals surface area contributed by atoms with Crippen LogP contribution in [0.4, 0.5) is 17.1 Å². The number of hydrogen-bond donors (Lipinski definition) is 0. The standard InChI is InChI=1S/C64H102BrN3O3/c1-7-9-11-13-15-17-19-21-23-25-26-27-28-30-32-34-36-38-40-42-60(69)70-51-54-48-53-49-55(65)43-45-57(53)61-62(54)71-64(52-66-61)63(3,4)58-50-56(67(5)6)44-46-59(58)68(64)47-41-39-37-35-33-31-29-24-22-20-18-16-14-12-10-8-2/h43-46,48-50,52H,7-42,47,51H2,1-6H3. The van der Waals surface area contributed by atoms with Crippen LogP contribution in [0.2, 0.25) is 0 Å². The average molecular weight is 1040 g/mol. The van der Waals surface area contributed by atoms with Crippen LogP contribution < -0.4 is 14.5 Å². The van der Waals surface area contributed by atoms with Crippen LogP contribution in [0, 0.1) is 0 Å². The fourth-order valence-corrected chi connectivity index (χ4v) is 11.8. The third-order valence-electron chi connectivity index (χ3n) is 16.1. The number of benzene rings is 3. The molecule has 0 amide bonds. The summed E-state index contributed by atoms with van der Waals surface area (Å²) in [5.41, 5.74) is 4.07. The van der Waals surface area contributed by atoms with Crippen molar-refractivity contribution in [3.63, 3.8) is 0 Å². The normalized spacial score (nSPS) is 15.7. The molecule has 3 aromatic carbocycles. The molecular weight excluding hydrogens is 939 g/mol. The number of esters is 1. The molecule has 6 nitrogen and oxygen atoms in total. The zero-order chi connectivity index (χ0) is 50.6. The number of nitrogens with zero attached hydrogens (tertiary/aromatic N) is 3. The first kappa shape index (κ1) is 58.8. The summed E-state index contributed by atoms with van der Waals surface area (Å²) < 4.78 is 14.6. The minimum atomic E-state index is -0.850. The molecule has 2 aliphatic rings. The molecule has 2 aliphatic heterocycles. The number of rotatable bonds is 40. The molecule has 5 rings (SSSR count). The number of unbranched alkanes of at least 4 members (excludes halogenated alkanes) is 33. The highest BCUT2D eigenvalue weighted by molar-refractivity contribution is 9.10. The van der Waals surface area contributed by atoms with Gasteiger partial charge in [0.25, 0.3) is 0 Å². The highest BCUT2D eigenvalue weighted by Crippen LogP contribution is 2.56. The summed E-state index contributed by atoms with van der Waals surface area (Å²) in [7, 11) is 4.23. The SMILES string of the molecule is CCCCCCCCCCCCCCCCCCCCCC(=O)OCc1cc2cc(Br)ccc2c2c1OC1(C=N2)N(CCCCCCCCCCCCCCCCCC)c2ccc(N(C)C)cc2C1(C)C. The first-order valence-corrected chi connectivity index (χ1v) is 30.7. The molecule has 7 heteroatoms. The van der Waals surface area contributed by atoms with Crippen molar-refractivity contribution in [2.24, 2.45) is 4.99 Å². The molecule has 0 bridgehead atoms. The Labute approximate surface area is 443 Å². The van der Waals surface area contributed by atoms with Gasteiger partial charge in [0.2, 0.25) is 5.72 Å². The van der Waals surface area contributed by atoms with E-state index in [1.807, 2.05) is 0 Å². The number of carbonyl (C=O) groups excluding carboxylic acids is 1. The van der Waals surface area contributed by atoms with Crippen LogP contribution >= 0.6 is 15.9 Å². The summed E-state index contributed by atoms with van der Waals surface area (Å²) >= 11 is 3.70. The maximum atomic E-state index is 13.3. The second-order valence-corrected chi connectivity index (χ2v) is 23.5. The van der Waals surface area contributed by atoms with Crippen LogP contribution in [-0.4, -0.2) is 38.5 Å². The Bertz CT molecular complexity index is 1990. The van der Waals surface area contributed by atoms with Crippen LogP contribution in [0.25, 0.3) is 10.8 Å². The second kappa shape index (κ2) is 33.0. The maximum Gasteiger partial charge on any atom is 0.306 e. The van der Waals surface area contributed by atoms with Crippen molar-refractivity contribution in [2.45, 2.75) is 277 Å². The zero-order valence-electron chi connectivity index (χ0n) is 46.4. The predicted octanol–water partition coefficient (Wildman–Crippen LogP) is 20.4. The van der Waals surface area contributed by atoms with Crippen molar-refractivity contribution < 1.29 is 14.3 Å². The Hall–Kier alpha value is -3.06. The van der Waals surface area contributed by atoms with Gasteiger partial charge in [0.15, 0.2) is 5.75 Å². The summed E-state index contributed by atoms with van der Waals surface area (Å²) in [6, 6.07) is 15.3. The monoisotopic (exact) mass is 1040 g/mol. The lowest BCUT2D eigenvalue weighted by atomic mass is 9.77. The summed E-state index contributed by atoms with van der Waals surface area (Å²) in [5, 5.41) is 2.08. The molecule has 1 spiro atoms. The van der Waals surface area contributed by atoms with Crippen LogP contribution in [0.5, 0.6) is 5.75 Å². The minimum Gasteiger partial charge on any atom is -0.461 e. The average Bonchev–Trinajstić information content (AvgIpc) is 3.53. The van der Waals surface area contributed by atoms with Crippen molar-refractivity contribution in [1.29, 1.82) is 0 Å². The third kappa shape index (κ3) is 18.7. The minimum absolute atomic E-state index is 0.135. The van der Waals surface area contributed by atoms with Crippen molar-refractivity contribution in [1.82, 2.24) is 0 Å². The lowest BCUT2D eigenvalue weighted by Crippen LogP contribution is -2.62. The van der Waals surface area contributed by atoms with Gasteiger partial charge in [0.1, 0.15) is 12.3 Å². The predicted molar refractivity (Wildman–Crippen MR) is 312 cm³/mol. The molecule has 0 saturated heterocycles. The van der Waals surface area contributed by atoms with Gasteiger partial charge in [-0.05, 0) is 74.0 Å². The van der Waals surface area contributed by atoms with Crippen molar-refractivity contribution >= 4 is 55.9 Å². The van der Waals surface area contributed by atoms with Gasteiger partial charge in [-0.15, -0.1) is 0 Å². The smallest absolute Gasteiger partial charge is 0.306 e. The Kier molecular flexibility index (Phi) is 27.3. The Morgan fingerprint density at radius 1 is 0.606 bits per heavy atom. The molecule has 0 aliphatic carbocycles. The van der Waals surface area contributed by atoms with Crippen LogP contribution in [0.3, 0.4) is 0 Å². The molecule has 1 atom stereocenters. The van der Waals surface area contributed by atoms with E-state index in [-0.39, 0.29) is 12.6 Å². The van der Waals surface area contributed by atoms with Crippen LogP contribution in [0.1, 0.15) is 270 Å². The van der Waals surface area contributed by atoms with Gasteiger partial charge in [-0.1, -0.05) is 248 Å². The summed E-state index contributed by atoms with van der Waals surface area (Å²) in [6.45, 7) is 10.3. The van der Waals surface area contributed by atoms with Crippen molar-refractivity contribution in [2.75, 3.05) is 30.4 Å². The Morgan fingerprint density at radius 3 is 1.55 bits per heavy atom. The molecule has 398 valence electrons. The fraction of sp³-hybridized carbons (Fsp3) is 0.719. The van der Waals surface area contributed by atoms with Gasteiger partial charge in [-0.3, -0.25) is 9.79 Å². The summed E-state index contributed by atoms with van der Waals surface area (Å²) in [4.78, 5) is 23.4. The lowest BCUT2D eigenvalue weighted by Gasteiger charge is -2.46. The number of hydrogen-bond acceptors (Lipinski definition) is 6.